The molecule has 1 aromatic rings. The summed E-state index contributed by atoms with van der Waals surface area (Å²) in [5, 5.41) is 0. The molecule has 0 spiro atoms. The number of rotatable bonds is 1. The van der Waals surface area contributed by atoms with Gasteiger partial charge in [0.15, 0.2) is 0 Å². The van der Waals surface area contributed by atoms with Crippen molar-refractivity contribution >= 4 is 0 Å². The summed E-state index contributed by atoms with van der Waals surface area (Å²) >= 11 is 0. The topological polar surface area (TPSA) is 9.23 Å². The lowest BCUT2D eigenvalue weighted by molar-refractivity contribution is 0.388. The van der Waals surface area contributed by atoms with Gasteiger partial charge in [-0.3, -0.25) is 0 Å². The highest BCUT2D eigenvalue weighted by Gasteiger charge is 2.22. The van der Waals surface area contributed by atoms with E-state index in [1.54, 1.807) is 19.2 Å². The second-order valence-corrected chi connectivity index (χ2v) is 4.07. The van der Waals surface area contributed by atoms with Gasteiger partial charge in [-0.15, -0.1) is 0 Å². The molecule has 13 heavy (non-hydrogen) atoms. The van der Waals surface area contributed by atoms with E-state index in [2.05, 4.69) is 0 Å². The van der Waals surface area contributed by atoms with Crippen LogP contribution in [0.25, 0.3) is 0 Å². The molecular formula is C11H15FO. The van der Waals surface area contributed by atoms with Gasteiger partial charge in [0.2, 0.25) is 0 Å². The summed E-state index contributed by atoms with van der Waals surface area (Å²) < 4.78 is 18.6. The Labute approximate surface area is 78.5 Å². The quantitative estimate of drug-likeness (QED) is 0.648. The summed E-state index contributed by atoms with van der Waals surface area (Å²) in [6.07, 6.45) is 0. The van der Waals surface area contributed by atoms with E-state index in [1.807, 2.05) is 20.8 Å². The van der Waals surface area contributed by atoms with Crippen molar-refractivity contribution in [3.63, 3.8) is 0 Å². The second-order valence-electron chi connectivity index (χ2n) is 4.07. The second kappa shape index (κ2) is 3.36. The Morgan fingerprint density at radius 1 is 1.23 bits per heavy atom. The Kier molecular flexibility index (Phi) is 2.60. The van der Waals surface area contributed by atoms with Crippen LogP contribution in [0.3, 0.4) is 0 Å². The van der Waals surface area contributed by atoms with Crippen LogP contribution in [-0.4, -0.2) is 7.11 Å². The third kappa shape index (κ3) is 2.00. The molecule has 0 aliphatic carbocycles. The SMILES string of the molecule is COc1cccc(F)c1C(C)(C)C. The molecule has 0 radical (unpaired) electrons. The molecule has 0 aromatic heterocycles. The van der Waals surface area contributed by atoms with Crippen LogP contribution in [0.2, 0.25) is 0 Å². The fourth-order valence-corrected chi connectivity index (χ4v) is 1.40. The number of methoxy groups -OCH3 is 1. The number of benzene rings is 1. The normalized spacial score (nSPS) is 11.5. The molecule has 0 aliphatic heterocycles. The predicted octanol–water partition coefficient (Wildman–Crippen LogP) is 3.13. The zero-order chi connectivity index (χ0) is 10.1. The molecule has 0 bridgehead atoms. The molecule has 2 heteroatoms. The molecule has 1 aromatic carbocycles. The standard InChI is InChI=1S/C11H15FO/c1-11(2,3)10-8(12)6-5-7-9(10)13-4/h5-7H,1-4H3. The average Bonchev–Trinajstić information content (AvgIpc) is 2.01. The van der Waals surface area contributed by atoms with Crippen LogP contribution < -0.4 is 4.74 Å². The highest BCUT2D eigenvalue weighted by Crippen LogP contribution is 2.32. The maximum Gasteiger partial charge on any atom is 0.130 e. The van der Waals surface area contributed by atoms with Crippen molar-refractivity contribution < 1.29 is 9.13 Å². The van der Waals surface area contributed by atoms with Gasteiger partial charge in [-0.2, -0.15) is 0 Å². The molecule has 0 fully saturated rings. The molecular weight excluding hydrogens is 167 g/mol. The molecule has 1 nitrogen and oxygen atoms in total. The van der Waals surface area contributed by atoms with Gasteiger partial charge in [0.05, 0.1) is 7.11 Å². The molecule has 0 saturated carbocycles. The van der Waals surface area contributed by atoms with Gasteiger partial charge in [0, 0.05) is 5.56 Å². The summed E-state index contributed by atoms with van der Waals surface area (Å²) in [6.45, 7) is 5.90. The molecule has 0 heterocycles. The summed E-state index contributed by atoms with van der Waals surface area (Å²) in [6, 6.07) is 4.90. The number of hydrogen-bond donors (Lipinski definition) is 0. The maximum atomic E-state index is 13.5. The van der Waals surface area contributed by atoms with Crippen LogP contribution in [0, 0.1) is 5.82 Å². The van der Waals surface area contributed by atoms with E-state index in [0.29, 0.717) is 11.3 Å². The average molecular weight is 182 g/mol. The van der Waals surface area contributed by atoms with Crippen LogP contribution in [0.15, 0.2) is 18.2 Å². The summed E-state index contributed by atoms with van der Waals surface area (Å²) in [5.41, 5.74) is 0.411. The van der Waals surface area contributed by atoms with Crippen molar-refractivity contribution in [2.45, 2.75) is 26.2 Å². The predicted molar refractivity (Wildman–Crippen MR) is 51.7 cm³/mol. The first kappa shape index (κ1) is 10.0. The van der Waals surface area contributed by atoms with Crippen LogP contribution in [0.1, 0.15) is 26.3 Å². The minimum Gasteiger partial charge on any atom is -0.496 e. The lowest BCUT2D eigenvalue weighted by Gasteiger charge is -2.22. The van der Waals surface area contributed by atoms with E-state index in [4.69, 9.17) is 4.74 Å². The van der Waals surface area contributed by atoms with Crippen molar-refractivity contribution in [2.24, 2.45) is 0 Å². The van der Waals surface area contributed by atoms with Gasteiger partial charge in [-0.1, -0.05) is 26.8 Å². The lowest BCUT2D eigenvalue weighted by Crippen LogP contribution is -2.15. The molecule has 0 aliphatic rings. The highest BCUT2D eigenvalue weighted by atomic mass is 19.1. The van der Waals surface area contributed by atoms with Gasteiger partial charge in [-0.25, -0.2) is 4.39 Å². The van der Waals surface area contributed by atoms with Gasteiger partial charge >= 0.3 is 0 Å². The first-order chi connectivity index (χ1) is 5.96. The van der Waals surface area contributed by atoms with E-state index < -0.39 is 0 Å². The van der Waals surface area contributed by atoms with Crippen LogP contribution in [0.4, 0.5) is 4.39 Å². The molecule has 1 rings (SSSR count). The molecule has 0 saturated heterocycles. The first-order valence-electron chi connectivity index (χ1n) is 4.30. The first-order valence-corrected chi connectivity index (χ1v) is 4.30. The van der Waals surface area contributed by atoms with Gasteiger partial charge < -0.3 is 4.74 Å². The Hall–Kier alpha value is -1.05. The van der Waals surface area contributed by atoms with E-state index in [1.165, 1.54) is 6.07 Å². The monoisotopic (exact) mass is 182 g/mol. The number of halogens is 1. The van der Waals surface area contributed by atoms with E-state index in [0.717, 1.165) is 0 Å². The third-order valence-corrected chi connectivity index (χ3v) is 1.95. The molecule has 0 unspecified atom stereocenters. The Bertz CT molecular complexity index is 299. The number of ether oxygens (including phenoxy) is 1. The van der Waals surface area contributed by atoms with Crippen molar-refractivity contribution in [2.75, 3.05) is 7.11 Å². The molecule has 72 valence electrons. The lowest BCUT2D eigenvalue weighted by atomic mass is 9.86. The zero-order valence-corrected chi connectivity index (χ0v) is 8.52. The minimum atomic E-state index is -0.226. The molecule has 0 N–H and O–H groups in total. The van der Waals surface area contributed by atoms with Gasteiger partial charge in [-0.05, 0) is 17.5 Å². The maximum absolute atomic E-state index is 13.5. The molecule has 0 amide bonds. The van der Waals surface area contributed by atoms with Crippen LogP contribution in [0.5, 0.6) is 5.75 Å². The third-order valence-electron chi connectivity index (χ3n) is 1.95. The fraction of sp³-hybridized carbons (Fsp3) is 0.455. The molecule has 0 atom stereocenters. The van der Waals surface area contributed by atoms with Crippen LogP contribution >= 0.6 is 0 Å². The largest absolute Gasteiger partial charge is 0.496 e. The van der Waals surface area contributed by atoms with E-state index in [-0.39, 0.29) is 11.2 Å². The fourth-order valence-electron chi connectivity index (χ4n) is 1.40. The Morgan fingerprint density at radius 3 is 2.23 bits per heavy atom. The van der Waals surface area contributed by atoms with Crippen molar-refractivity contribution in [1.82, 2.24) is 0 Å². The summed E-state index contributed by atoms with van der Waals surface area (Å²) in [4.78, 5) is 0. The van der Waals surface area contributed by atoms with E-state index in [9.17, 15) is 4.39 Å². The summed E-state index contributed by atoms with van der Waals surface area (Å²) in [5.74, 6) is 0.416. The van der Waals surface area contributed by atoms with Gasteiger partial charge in [0.1, 0.15) is 11.6 Å². The van der Waals surface area contributed by atoms with E-state index >= 15 is 0 Å². The smallest absolute Gasteiger partial charge is 0.130 e. The van der Waals surface area contributed by atoms with Crippen molar-refractivity contribution in [1.29, 1.82) is 0 Å². The minimum absolute atomic E-state index is 0.202. The van der Waals surface area contributed by atoms with Crippen molar-refractivity contribution in [3.8, 4) is 5.75 Å². The summed E-state index contributed by atoms with van der Waals surface area (Å²) in [7, 11) is 1.56. The number of hydrogen-bond acceptors (Lipinski definition) is 1. The van der Waals surface area contributed by atoms with Crippen molar-refractivity contribution in [3.05, 3.63) is 29.6 Å². The highest BCUT2D eigenvalue weighted by molar-refractivity contribution is 5.39. The van der Waals surface area contributed by atoms with Gasteiger partial charge in [0.25, 0.3) is 0 Å². The zero-order valence-electron chi connectivity index (χ0n) is 8.52. The Balaban J connectivity index is 3.32. The van der Waals surface area contributed by atoms with Crippen LogP contribution in [-0.2, 0) is 5.41 Å². The Morgan fingerprint density at radius 2 is 1.85 bits per heavy atom.